The first-order valence-corrected chi connectivity index (χ1v) is 4.32. The fraction of sp³-hybridized carbons (Fsp3) is 0.222. The van der Waals surface area contributed by atoms with Crippen LogP contribution in [0.15, 0.2) is 24.3 Å². The molecule has 6 nitrogen and oxygen atoms in total. The van der Waals surface area contributed by atoms with Crippen molar-refractivity contribution in [3.8, 4) is 0 Å². The molecular weight excluding hydrogens is 198 g/mol. The van der Waals surface area contributed by atoms with Crippen LogP contribution in [0.4, 0.5) is 11.4 Å². The summed E-state index contributed by atoms with van der Waals surface area (Å²) in [6.07, 6.45) is 0. The Morgan fingerprint density at radius 2 is 2.13 bits per heavy atom. The van der Waals surface area contributed by atoms with Gasteiger partial charge in [0.1, 0.15) is 5.69 Å². The van der Waals surface area contributed by atoms with E-state index < -0.39 is 16.9 Å². The molecule has 1 aromatic carbocycles. The van der Waals surface area contributed by atoms with Gasteiger partial charge < -0.3 is 11.1 Å². The van der Waals surface area contributed by atoms with Crippen molar-refractivity contribution in [1.82, 2.24) is 0 Å². The lowest BCUT2D eigenvalue weighted by Crippen LogP contribution is -2.32. The van der Waals surface area contributed by atoms with Crippen molar-refractivity contribution in [3.05, 3.63) is 34.4 Å². The minimum atomic E-state index is -0.704. The van der Waals surface area contributed by atoms with E-state index in [4.69, 9.17) is 5.73 Å². The molecule has 0 unspecified atom stereocenters. The maximum Gasteiger partial charge on any atom is 0.292 e. The third-order valence-electron chi connectivity index (χ3n) is 1.77. The topological polar surface area (TPSA) is 98.3 Å². The Labute approximate surface area is 86.2 Å². The van der Waals surface area contributed by atoms with E-state index in [9.17, 15) is 14.9 Å². The number of nitrogens with one attached hydrogen (secondary N) is 1. The Bertz CT molecular complexity index is 390. The molecular formula is C9H11N3O3. The molecule has 3 N–H and O–H groups in total. The van der Waals surface area contributed by atoms with Crippen LogP contribution < -0.4 is 11.1 Å². The summed E-state index contributed by atoms with van der Waals surface area (Å²) in [6, 6.07) is 5.20. The maximum atomic E-state index is 11.2. The molecule has 0 spiro atoms. The van der Waals surface area contributed by atoms with E-state index in [0.717, 1.165) is 0 Å². The van der Waals surface area contributed by atoms with Crippen molar-refractivity contribution in [2.75, 3.05) is 5.32 Å². The van der Waals surface area contributed by atoms with E-state index >= 15 is 0 Å². The zero-order valence-electron chi connectivity index (χ0n) is 8.14. The zero-order chi connectivity index (χ0) is 11.4. The normalized spacial score (nSPS) is 11.9. The van der Waals surface area contributed by atoms with Crippen LogP contribution in [0.25, 0.3) is 0 Å². The van der Waals surface area contributed by atoms with Gasteiger partial charge in [0.15, 0.2) is 0 Å². The minimum absolute atomic E-state index is 0.147. The van der Waals surface area contributed by atoms with Crippen LogP contribution >= 0.6 is 0 Å². The predicted molar refractivity (Wildman–Crippen MR) is 55.4 cm³/mol. The Kier molecular flexibility index (Phi) is 3.35. The quantitative estimate of drug-likeness (QED) is 0.570. The van der Waals surface area contributed by atoms with E-state index in [0.29, 0.717) is 0 Å². The van der Waals surface area contributed by atoms with Gasteiger partial charge in [-0.15, -0.1) is 0 Å². The molecule has 1 aromatic rings. The van der Waals surface area contributed by atoms with Crippen molar-refractivity contribution in [2.45, 2.75) is 13.0 Å². The summed E-state index contributed by atoms with van der Waals surface area (Å²) in [5.74, 6) is -0.454. The molecule has 1 amide bonds. The van der Waals surface area contributed by atoms with Gasteiger partial charge in [0, 0.05) is 6.07 Å². The van der Waals surface area contributed by atoms with Crippen LogP contribution in [0, 0.1) is 10.1 Å². The average Bonchev–Trinajstić information content (AvgIpc) is 2.18. The maximum absolute atomic E-state index is 11.2. The number of nitro groups is 1. The number of nitrogens with zero attached hydrogens (tertiary/aromatic N) is 1. The van der Waals surface area contributed by atoms with Crippen LogP contribution in [0.3, 0.4) is 0 Å². The van der Waals surface area contributed by atoms with Crippen molar-refractivity contribution < 1.29 is 9.72 Å². The highest BCUT2D eigenvalue weighted by Gasteiger charge is 2.16. The molecule has 1 rings (SSSR count). The number of hydrogen-bond donors (Lipinski definition) is 2. The van der Waals surface area contributed by atoms with Crippen molar-refractivity contribution in [2.24, 2.45) is 5.73 Å². The first kappa shape index (κ1) is 11.1. The van der Waals surface area contributed by atoms with E-state index in [1.165, 1.54) is 25.1 Å². The van der Waals surface area contributed by atoms with Gasteiger partial charge in [0.2, 0.25) is 5.91 Å². The van der Waals surface area contributed by atoms with Gasteiger partial charge in [-0.05, 0) is 13.0 Å². The standard InChI is InChI=1S/C9H11N3O3/c1-6(10)9(13)11-7-4-2-3-5-8(7)12(14)15/h2-6H,10H2,1H3,(H,11,13)/t6-/m0/s1. The van der Waals surface area contributed by atoms with Crippen LogP contribution in [-0.4, -0.2) is 16.9 Å². The third-order valence-corrected chi connectivity index (χ3v) is 1.77. The molecule has 80 valence electrons. The molecule has 0 saturated carbocycles. The average molecular weight is 209 g/mol. The summed E-state index contributed by atoms with van der Waals surface area (Å²) < 4.78 is 0. The molecule has 0 saturated heterocycles. The Morgan fingerprint density at radius 1 is 1.53 bits per heavy atom. The first-order chi connectivity index (χ1) is 7.02. The summed E-state index contributed by atoms with van der Waals surface area (Å²) in [5.41, 5.74) is 5.34. The fourth-order valence-corrected chi connectivity index (χ4v) is 0.985. The van der Waals surface area contributed by atoms with E-state index in [1.807, 2.05) is 0 Å². The van der Waals surface area contributed by atoms with Crippen LogP contribution in [-0.2, 0) is 4.79 Å². The molecule has 0 heterocycles. The highest BCUT2D eigenvalue weighted by molar-refractivity contribution is 5.96. The third kappa shape index (κ3) is 2.75. The number of amides is 1. The van der Waals surface area contributed by atoms with Crippen LogP contribution in [0.2, 0.25) is 0 Å². The number of para-hydroxylation sites is 2. The van der Waals surface area contributed by atoms with Gasteiger partial charge in [-0.3, -0.25) is 14.9 Å². The van der Waals surface area contributed by atoms with Crippen molar-refractivity contribution in [3.63, 3.8) is 0 Å². The fourth-order valence-electron chi connectivity index (χ4n) is 0.985. The second kappa shape index (κ2) is 4.52. The monoisotopic (exact) mass is 209 g/mol. The SMILES string of the molecule is C[C@H](N)C(=O)Nc1ccccc1[N+](=O)[O-]. The number of nitro benzene ring substituents is 1. The van der Waals surface area contributed by atoms with Crippen molar-refractivity contribution >= 4 is 17.3 Å². The number of rotatable bonds is 3. The summed E-state index contributed by atoms with van der Waals surface area (Å²) >= 11 is 0. The Morgan fingerprint density at radius 3 is 2.67 bits per heavy atom. The summed E-state index contributed by atoms with van der Waals surface area (Å²) in [6.45, 7) is 1.50. The number of anilines is 1. The lowest BCUT2D eigenvalue weighted by Gasteiger charge is -2.07. The summed E-state index contributed by atoms with van der Waals surface area (Å²) in [7, 11) is 0. The molecule has 0 aliphatic rings. The lowest BCUT2D eigenvalue weighted by atomic mass is 10.2. The van der Waals surface area contributed by atoms with E-state index in [1.54, 1.807) is 6.07 Å². The number of nitrogens with two attached hydrogens (primary N) is 1. The molecule has 0 aromatic heterocycles. The minimum Gasteiger partial charge on any atom is -0.320 e. The zero-order valence-corrected chi connectivity index (χ0v) is 8.14. The van der Waals surface area contributed by atoms with E-state index in [2.05, 4.69) is 5.32 Å². The Balaban J connectivity index is 2.94. The molecule has 0 aliphatic carbocycles. The van der Waals surface area contributed by atoms with Gasteiger partial charge in [0.05, 0.1) is 11.0 Å². The van der Waals surface area contributed by atoms with Gasteiger partial charge >= 0.3 is 0 Å². The van der Waals surface area contributed by atoms with Crippen molar-refractivity contribution in [1.29, 1.82) is 0 Å². The number of carbonyl (C=O) groups excluding carboxylic acids is 1. The van der Waals surface area contributed by atoms with Gasteiger partial charge in [-0.25, -0.2) is 0 Å². The highest BCUT2D eigenvalue weighted by atomic mass is 16.6. The van der Waals surface area contributed by atoms with Gasteiger partial charge in [-0.1, -0.05) is 12.1 Å². The predicted octanol–water partition coefficient (Wildman–Crippen LogP) is 0.880. The first-order valence-electron chi connectivity index (χ1n) is 4.32. The molecule has 0 aliphatic heterocycles. The highest BCUT2D eigenvalue weighted by Crippen LogP contribution is 2.22. The summed E-state index contributed by atoms with van der Waals surface area (Å²) in [5, 5.41) is 13.0. The number of benzene rings is 1. The van der Waals surface area contributed by atoms with Gasteiger partial charge in [0.25, 0.3) is 5.69 Å². The largest absolute Gasteiger partial charge is 0.320 e. The number of carbonyl (C=O) groups is 1. The molecule has 0 radical (unpaired) electrons. The number of hydrogen-bond acceptors (Lipinski definition) is 4. The smallest absolute Gasteiger partial charge is 0.292 e. The lowest BCUT2D eigenvalue weighted by molar-refractivity contribution is -0.383. The Hall–Kier alpha value is -1.95. The van der Waals surface area contributed by atoms with Crippen LogP contribution in [0.5, 0.6) is 0 Å². The second-order valence-electron chi connectivity index (χ2n) is 3.05. The summed E-state index contributed by atoms with van der Waals surface area (Å²) in [4.78, 5) is 21.3. The van der Waals surface area contributed by atoms with E-state index in [-0.39, 0.29) is 11.4 Å². The molecule has 0 bridgehead atoms. The van der Waals surface area contributed by atoms with Gasteiger partial charge in [-0.2, -0.15) is 0 Å². The molecule has 0 fully saturated rings. The molecule has 15 heavy (non-hydrogen) atoms. The molecule has 6 heteroatoms. The molecule has 1 atom stereocenters. The second-order valence-corrected chi connectivity index (χ2v) is 3.05. The van der Waals surface area contributed by atoms with Crippen LogP contribution in [0.1, 0.15) is 6.92 Å².